The van der Waals surface area contributed by atoms with E-state index >= 15 is 0 Å². The number of fused-ring (bicyclic) bond motifs is 1. The van der Waals surface area contributed by atoms with Gasteiger partial charge in [-0.15, -0.1) is 0 Å². The third-order valence-corrected chi connectivity index (χ3v) is 4.54. The standard InChI is InChI=1S/C16H19ClN2O/c1-10-6-15-12(8-14(10)17)7-13(19-15)9-18-16(20)11-4-2-3-5-11/h6-8,11,19H,2-5,9H2,1H3,(H,18,20). The number of H-pyrrole nitrogens is 1. The lowest BCUT2D eigenvalue weighted by Gasteiger charge is -2.09. The van der Waals surface area contributed by atoms with Crippen molar-refractivity contribution in [3.8, 4) is 0 Å². The van der Waals surface area contributed by atoms with E-state index in [-0.39, 0.29) is 11.8 Å². The zero-order chi connectivity index (χ0) is 14.1. The maximum atomic E-state index is 12.0. The Hall–Kier alpha value is -1.48. The van der Waals surface area contributed by atoms with Crippen LogP contribution in [0.15, 0.2) is 18.2 Å². The lowest BCUT2D eigenvalue weighted by atomic mass is 10.1. The molecule has 3 rings (SSSR count). The first-order chi connectivity index (χ1) is 9.63. The Balaban J connectivity index is 1.69. The van der Waals surface area contributed by atoms with Gasteiger partial charge in [0, 0.05) is 27.5 Å². The fourth-order valence-electron chi connectivity index (χ4n) is 2.93. The lowest BCUT2D eigenvalue weighted by Crippen LogP contribution is -2.28. The van der Waals surface area contributed by atoms with Gasteiger partial charge in [-0.2, -0.15) is 0 Å². The number of benzene rings is 1. The zero-order valence-corrected chi connectivity index (χ0v) is 12.4. The van der Waals surface area contributed by atoms with E-state index < -0.39 is 0 Å². The summed E-state index contributed by atoms with van der Waals surface area (Å²) in [6.07, 6.45) is 4.44. The second-order valence-corrected chi connectivity index (χ2v) is 6.09. The molecule has 106 valence electrons. The van der Waals surface area contributed by atoms with Gasteiger partial charge in [-0.25, -0.2) is 0 Å². The monoisotopic (exact) mass is 290 g/mol. The second kappa shape index (κ2) is 5.49. The number of amides is 1. The van der Waals surface area contributed by atoms with E-state index in [0.717, 1.165) is 40.0 Å². The third kappa shape index (κ3) is 2.68. The van der Waals surface area contributed by atoms with E-state index in [0.29, 0.717) is 6.54 Å². The van der Waals surface area contributed by atoms with Crippen molar-refractivity contribution >= 4 is 28.4 Å². The molecule has 0 bridgehead atoms. The number of rotatable bonds is 3. The van der Waals surface area contributed by atoms with Crippen molar-refractivity contribution in [3.63, 3.8) is 0 Å². The molecule has 0 saturated heterocycles. The van der Waals surface area contributed by atoms with Gasteiger partial charge in [0.25, 0.3) is 0 Å². The van der Waals surface area contributed by atoms with Gasteiger partial charge < -0.3 is 10.3 Å². The maximum absolute atomic E-state index is 12.0. The van der Waals surface area contributed by atoms with Crippen LogP contribution in [0.4, 0.5) is 0 Å². The Morgan fingerprint density at radius 3 is 2.85 bits per heavy atom. The molecule has 1 aromatic carbocycles. The highest BCUT2D eigenvalue weighted by Gasteiger charge is 2.22. The molecule has 1 saturated carbocycles. The largest absolute Gasteiger partial charge is 0.357 e. The number of carbonyl (C=O) groups excluding carboxylic acids is 1. The molecule has 20 heavy (non-hydrogen) atoms. The number of halogens is 1. The number of nitrogens with one attached hydrogen (secondary N) is 2. The van der Waals surface area contributed by atoms with Crippen LogP contribution < -0.4 is 5.32 Å². The van der Waals surface area contributed by atoms with Crippen LogP contribution in [-0.2, 0) is 11.3 Å². The Morgan fingerprint density at radius 2 is 2.10 bits per heavy atom. The number of aryl methyl sites for hydroxylation is 1. The molecule has 0 aliphatic heterocycles. The summed E-state index contributed by atoms with van der Waals surface area (Å²) in [7, 11) is 0. The van der Waals surface area contributed by atoms with E-state index in [2.05, 4.69) is 16.4 Å². The van der Waals surface area contributed by atoms with E-state index in [9.17, 15) is 4.79 Å². The number of carbonyl (C=O) groups is 1. The molecule has 4 heteroatoms. The first kappa shape index (κ1) is 13.5. The summed E-state index contributed by atoms with van der Waals surface area (Å²) >= 11 is 6.13. The Bertz CT molecular complexity index is 602. The summed E-state index contributed by atoms with van der Waals surface area (Å²) in [6, 6.07) is 6.06. The minimum atomic E-state index is 0.190. The minimum Gasteiger partial charge on any atom is -0.357 e. The maximum Gasteiger partial charge on any atom is 0.223 e. The van der Waals surface area contributed by atoms with Gasteiger partial charge >= 0.3 is 0 Å². The van der Waals surface area contributed by atoms with Gasteiger partial charge in [0.2, 0.25) is 5.91 Å². The second-order valence-electron chi connectivity index (χ2n) is 5.68. The summed E-state index contributed by atoms with van der Waals surface area (Å²) in [5.74, 6) is 0.409. The van der Waals surface area contributed by atoms with Gasteiger partial charge in [-0.1, -0.05) is 24.4 Å². The summed E-state index contributed by atoms with van der Waals surface area (Å²) in [5, 5.41) is 4.89. The Kier molecular flexibility index (Phi) is 3.70. The van der Waals surface area contributed by atoms with E-state index in [1.165, 1.54) is 12.8 Å². The molecule has 1 aromatic heterocycles. The molecule has 1 fully saturated rings. The molecular formula is C16H19ClN2O. The number of hydrogen-bond acceptors (Lipinski definition) is 1. The van der Waals surface area contributed by atoms with Crippen LogP contribution in [0.2, 0.25) is 5.02 Å². The number of aromatic nitrogens is 1. The SMILES string of the molecule is Cc1cc2[nH]c(CNC(=O)C3CCCC3)cc2cc1Cl. The Labute approximate surface area is 123 Å². The van der Waals surface area contributed by atoms with E-state index in [4.69, 9.17) is 11.6 Å². The van der Waals surface area contributed by atoms with Crippen molar-refractivity contribution in [2.24, 2.45) is 5.92 Å². The number of aromatic amines is 1. The zero-order valence-electron chi connectivity index (χ0n) is 11.6. The fraction of sp³-hybridized carbons (Fsp3) is 0.438. The molecule has 2 N–H and O–H groups in total. The highest BCUT2D eigenvalue weighted by molar-refractivity contribution is 6.32. The quantitative estimate of drug-likeness (QED) is 0.884. The summed E-state index contributed by atoms with van der Waals surface area (Å²) in [4.78, 5) is 15.3. The molecule has 2 aromatic rings. The van der Waals surface area contributed by atoms with Gasteiger partial charge in [-0.05, 0) is 43.5 Å². The molecule has 0 unspecified atom stereocenters. The van der Waals surface area contributed by atoms with Crippen LogP contribution in [-0.4, -0.2) is 10.9 Å². The first-order valence-electron chi connectivity index (χ1n) is 7.19. The molecule has 0 radical (unpaired) electrons. The van der Waals surface area contributed by atoms with Crippen molar-refractivity contribution in [3.05, 3.63) is 34.5 Å². The predicted molar refractivity (Wildman–Crippen MR) is 81.9 cm³/mol. The van der Waals surface area contributed by atoms with Gasteiger partial charge in [-0.3, -0.25) is 4.79 Å². The molecule has 1 aliphatic rings. The van der Waals surface area contributed by atoms with Gasteiger partial charge in [0.05, 0.1) is 6.54 Å². The molecule has 0 atom stereocenters. The van der Waals surface area contributed by atoms with Crippen molar-refractivity contribution in [2.45, 2.75) is 39.2 Å². The molecule has 1 aliphatic carbocycles. The van der Waals surface area contributed by atoms with Crippen molar-refractivity contribution < 1.29 is 4.79 Å². The van der Waals surface area contributed by atoms with Crippen molar-refractivity contribution in [1.29, 1.82) is 0 Å². The van der Waals surface area contributed by atoms with Gasteiger partial charge in [0.1, 0.15) is 0 Å². The topological polar surface area (TPSA) is 44.9 Å². The van der Waals surface area contributed by atoms with Gasteiger partial charge in [0.15, 0.2) is 0 Å². The number of hydrogen-bond donors (Lipinski definition) is 2. The highest BCUT2D eigenvalue weighted by Crippen LogP contribution is 2.26. The molecule has 0 spiro atoms. The normalized spacial score (nSPS) is 15.9. The van der Waals surface area contributed by atoms with Crippen LogP contribution in [0.3, 0.4) is 0 Å². The van der Waals surface area contributed by atoms with Crippen LogP contribution in [0.25, 0.3) is 10.9 Å². The van der Waals surface area contributed by atoms with Crippen molar-refractivity contribution in [2.75, 3.05) is 0 Å². The first-order valence-corrected chi connectivity index (χ1v) is 7.57. The molecular weight excluding hydrogens is 272 g/mol. The van der Waals surface area contributed by atoms with E-state index in [1.54, 1.807) is 0 Å². The molecule has 3 nitrogen and oxygen atoms in total. The summed E-state index contributed by atoms with van der Waals surface area (Å²) in [6.45, 7) is 2.55. The lowest BCUT2D eigenvalue weighted by molar-refractivity contribution is -0.124. The van der Waals surface area contributed by atoms with Crippen molar-refractivity contribution in [1.82, 2.24) is 10.3 Å². The molecule has 1 heterocycles. The van der Waals surface area contributed by atoms with Crippen LogP contribution in [0, 0.1) is 12.8 Å². The summed E-state index contributed by atoms with van der Waals surface area (Å²) < 4.78 is 0. The third-order valence-electron chi connectivity index (χ3n) is 4.13. The van der Waals surface area contributed by atoms with Crippen LogP contribution >= 0.6 is 11.6 Å². The average Bonchev–Trinajstić information content (AvgIpc) is 3.05. The smallest absolute Gasteiger partial charge is 0.223 e. The van der Waals surface area contributed by atoms with Crippen LogP contribution in [0.1, 0.15) is 36.9 Å². The van der Waals surface area contributed by atoms with E-state index in [1.807, 2.05) is 19.1 Å². The Morgan fingerprint density at radius 1 is 1.35 bits per heavy atom. The summed E-state index contributed by atoms with van der Waals surface area (Å²) in [5.41, 5.74) is 3.15. The highest BCUT2D eigenvalue weighted by atomic mass is 35.5. The molecule has 1 amide bonds. The minimum absolute atomic E-state index is 0.190. The predicted octanol–water partition coefficient (Wildman–Crippen LogP) is 3.94. The fourth-order valence-corrected chi connectivity index (χ4v) is 3.10. The average molecular weight is 291 g/mol. The van der Waals surface area contributed by atoms with Crippen LogP contribution in [0.5, 0.6) is 0 Å².